The number of aromatic nitrogens is 2. The molecule has 2 saturated heterocycles. The van der Waals surface area contributed by atoms with Gasteiger partial charge in [-0.15, -0.1) is 0 Å². The van der Waals surface area contributed by atoms with E-state index < -0.39 is 10.0 Å². The van der Waals surface area contributed by atoms with E-state index in [1.165, 1.54) is 16.8 Å². The van der Waals surface area contributed by atoms with E-state index in [-0.39, 0.29) is 22.5 Å². The Balaban J connectivity index is 1.56. The van der Waals surface area contributed by atoms with Crippen molar-refractivity contribution in [2.75, 3.05) is 43.9 Å². The number of anilines is 1. The molecule has 2 aliphatic heterocycles. The van der Waals surface area contributed by atoms with Crippen LogP contribution in [0.3, 0.4) is 0 Å². The van der Waals surface area contributed by atoms with Crippen molar-refractivity contribution >= 4 is 33.5 Å². The lowest BCUT2D eigenvalue weighted by atomic mass is 9.98. The molecule has 0 unspecified atom stereocenters. The summed E-state index contributed by atoms with van der Waals surface area (Å²) < 4.78 is 24.6. The van der Waals surface area contributed by atoms with E-state index >= 15 is 0 Å². The molecular weight excluding hydrogens is 378 g/mol. The van der Waals surface area contributed by atoms with Crippen molar-refractivity contribution < 1.29 is 13.2 Å². The summed E-state index contributed by atoms with van der Waals surface area (Å²) in [5.74, 6) is 0.470. The zero-order valence-electron chi connectivity index (χ0n) is 14.8. The van der Waals surface area contributed by atoms with E-state index in [9.17, 15) is 13.2 Å². The Labute approximate surface area is 159 Å². The maximum Gasteiger partial charge on any atom is 0.271 e. The van der Waals surface area contributed by atoms with Crippen LogP contribution in [0.1, 0.15) is 36.2 Å². The number of carbonyl (C=O) groups is 1. The molecule has 26 heavy (non-hydrogen) atoms. The largest absolute Gasteiger partial charge is 0.350 e. The van der Waals surface area contributed by atoms with E-state index in [1.807, 2.05) is 4.90 Å². The summed E-state index contributed by atoms with van der Waals surface area (Å²) in [5.41, 5.74) is 0.192. The second kappa shape index (κ2) is 8.06. The molecule has 0 atom stereocenters. The molecule has 3 rings (SSSR count). The molecule has 0 saturated carbocycles. The third-order valence-corrected chi connectivity index (χ3v) is 6.51. The Morgan fingerprint density at radius 1 is 1.27 bits per heavy atom. The summed E-state index contributed by atoms with van der Waals surface area (Å²) in [6.07, 6.45) is 6.35. The average Bonchev–Trinajstić information content (AvgIpc) is 3.14. The van der Waals surface area contributed by atoms with Crippen molar-refractivity contribution in [3.05, 3.63) is 16.9 Å². The molecule has 10 heteroatoms. The SMILES string of the molecule is CS(=O)(=O)N1CCC(CNC(=O)c2nc(N3CCCC3)ncc2Cl)CC1. The van der Waals surface area contributed by atoms with Gasteiger partial charge < -0.3 is 10.2 Å². The van der Waals surface area contributed by atoms with Crippen molar-refractivity contribution in [1.29, 1.82) is 0 Å². The fraction of sp³-hybridized carbons (Fsp3) is 0.688. The van der Waals surface area contributed by atoms with Gasteiger partial charge in [-0.05, 0) is 31.6 Å². The lowest BCUT2D eigenvalue weighted by molar-refractivity contribution is 0.0936. The fourth-order valence-corrected chi connectivity index (χ4v) is 4.40. The Kier molecular flexibility index (Phi) is 5.99. The third kappa shape index (κ3) is 4.63. The van der Waals surface area contributed by atoms with Crippen molar-refractivity contribution in [3.8, 4) is 0 Å². The first kappa shape index (κ1) is 19.3. The van der Waals surface area contributed by atoms with Crippen molar-refractivity contribution in [1.82, 2.24) is 19.6 Å². The van der Waals surface area contributed by atoms with E-state index in [4.69, 9.17) is 11.6 Å². The van der Waals surface area contributed by atoms with Crippen LogP contribution in [0.15, 0.2) is 6.20 Å². The van der Waals surface area contributed by atoms with Crippen molar-refractivity contribution in [3.63, 3.8) is 0 Å². The Morgan fingerprint density at radius 3 is 2.54 bits per heavy atom. The van der Waals surface area contributed by atoms with Gasteiger partial charge in [0.05, 0.1) is 17.5 Å². The number of rotatable bonds is 5. The summed E-state index contributed by atoms with van der Waals surface area (Å²) in [7, 11) is -3.14. The maximum atomic E-state index is 12.5. The average molecular weight is 402 g/mol. The molecule has 1 amide bonds. The van der Waals surface area contributed by atoms with Crippen LogP contribution in [0.4, 0.5) is 5.95 Å². The van der Waals surface area contributed by atoms with Gasteiger partial charge in [-0.25, -0.2) is 22.7 Å². The topological polar surface area (TPSA) is 95.5 Å². The minimum Gasteiger partial charge on any atom is -0.350 e. The van der Waals surface area contributed by atoms with Crippen LogP contribution < -0.4 is 10.2 Å². The van der Waals surface area contributed by atoms with Crippen molar-refractivity contribution in [2.24, 2.45) is 5.92 Å². The van der Waals surface area contributed by atoms with Gasteiger partial charge in [-0.2, -0.15) is 0 Å². The molecule has 1 N–H and O–H groups in total. The number of nitrogens with zero attached hydrogens (tertiary/aromatic N) is 4. The van der Waals surface area contributed by atoms with Gasteiger partial charge in [0.25, 0.3) is 5.91 Å². The van der Waals surface area contributed by atoms with Gasteiger partial charge in [0.1, 0.15) is 0 Å². The Morgan fingerprint density at radius 2 is 1.92 bits per heavy atom. The predicted octanol–water partition coefficient (Wildman–Crippen LogP) is 1.13. The minimum atomic E-state index is -3.14. The minimum absolute atomic E-state index is 0.192. The smallest absolute Gasteiger partial charge is 0.271 e. The van der Waals surface area contributed by atoms with Gasteiger partial charge in [0.2, 0.25) is 16.0 Å². The molecule has 0 bridgehead atoms. The number of amides is 1. The van der Waals surface area contributed by atoms with Crippen LogP contribution in [-0.4, -0.2) is 67.6 Å². The number of nitrogens with one attached hydrogen (secondary N) is 1. The standard InChI is InChI=1S/C16H24ClN5O3S/c1-26(24,25)22-8-4-12(5-9-22)10-18-15(23)14-13(17)11-19-16(20-14)21-6-2-3-7-21/h11-12H,2-10H2,1H3,(H,18,23). The van der Waals surface area contributed by atoms with Crippen LogP contribution in [0.2, 0.25) is 5.02 Å². The molecule has 144 valence electrons. The van der Waals surface area contributed by atoms with Gasteiger partial charge >= 0.3 is 0 Å². The summed E-state index contributed by atoms with van der Waals surface area (Å²) in [6.45, 7) is 3.25. The lowest BCUT2D eigenvalue weighted by Gasteiger charge is -2.30. The zero-order chi connectivity index (χ0) is 18.7. The third-order valence-electron chi connectivity index (χ3n) is 4.93. The molecular formula is C16H24ClN5O3S. The monoisotopic (exact) mass is 401 g/mol. The van der Waals surface area contributed by atoms with E-state index in [0.29, 0.717) is 25.6 Å². The zero-order valence-corrected chi connectivity index (χ0v) is 16.4. The first-order valence-electron chi connectivity index (χ1n) is 8.85. The molecule has 0 radical (unpaired) electrons. The van der Waals surface area contributed by atoms with Gasteiger partial charge in [-0.3, -0.25) is 4.79 Å². The number of carbonyl (C=O) groups excluding carboxylic acids is 1. The molecule has 3 heterocycles. The molecule has 0 aromatic carbocycles. The summed E-state index contributed by atoms with van der Waals surface area (Å²) in [6, 6.07) is 0. The Bertz CT molecular complexity index is 759. The highest BCUT2D eigenvalue weighted by atomic mass is 35.5. The number of piperidine rings is 1. The molecule has 2 fully saturated rings. The quantitative estimate of drug-likeness (QED) is 0.794. The second-order valence-corrected chi connectivity index (χ2v) is 9.27. The summed E-state index contributed by atoms with van der Waals surface area (Å²) in [4.78, 5) is 23.1. The molecule has 1 aromatic heterocycles. The maximum absolute atomic E-state index is 12.5. The van der Waals surface area contributed by atoms with E-state index in [0.717, 1.165) is 38.8 Å². The number of halogens is 1. The molecule has 1 aromatic rings. The molecule has 0 aliphatic carbocycles. The van der Waals surface area contributed by atoms with E-state index in [2.05, 4.69) is 15.3 Å². The second-order valence-electron chi connectivity index (χ2n) is 6.88. The number of hydrogen-bond donors (Lipinski definition) is 1. The Hall–Kier alpha value is -1.45. The van der Waals surface area contributed by atoms with Crippen LogP contribution >= 0.6 is 11.6 Å². The number of hydrogen-bond acceptors (Lipinski definition) is 6. The lowest BCUT2D eigenvalue weighted by Crippen LogP contribution is -2.41. The van der Waals surface area contributed by atoms with Crippen LogP contribution in [0.5, 0.6) is 0 Å². The normalized spacial score (nSPS) is 19.7. The van der Waals surface area contributed by atoms with E-state index in [1.54, 1.807) is 0 Å². The highest BCUT2D eigenvalue weighted by molar-refractivity contribution is 7.88. The molecule has 8 nitrogen and oxygen atoms in total. The summed E-state index contributed by atoms with van der Waals surface area (Å²) >= 11 is 6.11. The first-order valence-corrected chi connectivity index (χ1v) is 11.1. The van der Waals surface area contributed by atoms with Gasteiger partial charge in [-0.1, -0.05) is 11.6 Å². The van der Waals surface area contributed by atoms with Crippen LogP contribution in [0.25, 0.3) is 0 Å². The fourth-order valence-electron chi connectivity index (χ4n) is 3.35. The predicted molar refractivity (Wildman–Crippen MR) is 100.0 cm³/mol. The molecule has 0 spiro atoms. The van der Waals surface area contributed by atoms with Crippen molar-refractivity contribution in [2.45, 2.75) is 25.7 Å². The first-order chi connectivity index (χ1) is 12.3. The number of sulfonamides is 1. The van der Waals surface area contributed by atoms with Crippen LogP contribution in [-0.2, 0) is 10.0 Å². The van der Waals surface area contributed by atoms with Crippen LogP contribution in [0, 0.1) is 5.92 Å². The van der Waals surface area contributed by atoms with Gasteiger partial charge in [0, 0.05) is 32.7 Å². The summed E-state index contributed by atoms with van der Waals surface area (Å²) in [5, 5.41) is 3.11. The van der Waals surface area contributed by atoms with Gasteiger partial charge in [0.15, 0.2) is 5.69 Å². The molecule has 2 aliphatic rings. The highest BCUT2D eigenvalue weighted by Gasteiger charge is 2.26. The highest BCUT2D eigenvalue weighted by Crippen LogP contribution is 2.21.